The second-order valence-electron chi connectivity index (χ2n) is 3.22. The third-order valence-electron chi connectivity index (χ3n) is 2.04. The summed E-state index contributed by atoms with van der Waals surface area (Å²) in [4.78, 5) is 5.82. The summed E-state index contributed by atoms with van der Waals surface area (Å²) in [6.45, 7) is 0. The summed E-state index contributed by atoms with van der Waals surface area (Å²) < 4.78 is 0. The van der Waals surface area contributed by atoms with Gasteiger partial charge >= 0.3 is 0 Å². The van der Waals surface area contributed by atoms with Crippen LogP contribution in [0.4, 0.5) is 0 Å². The van der Waals surface area contributed by atoms with Gasteiger partial charge in [-0.05, 0) is 29.5 Å². The lowest BCUT2D eigenvalue weighted by atomic mass is 10.2. The first-order chi connectivity index (χ1) is 8.40. The summed E-state index contributed by atoms with van der Waals surface area (Å²) in [6, 6.07) is 13.8. The largest absolute Gasteiger partial charge is 0.398 e. The molecule has 1 aromatic carbocycles. The zero-order valence-corrected chi connectivity index (χ0v) is 10.2. The number of hydrogen-bond donors (Lipinski definition) is 0. The van der Waals surface area contributed by atoms with Gasteiger partial charge in [0.05, 0.1) is 4.88 Å². The Balaban J connectivity index is 2.27. The minimum absolute atomic E-state index is 0.659. The monoisotopic (exact) mass is 241 g/mol. The van der Waals surface area contributed by atoms with E-state index in [1.165, 1.54) is 7.11 Å². The van der Waals surface area contributed by atoms with Crippen LogP contribution < -0.4 is 0 Å². The highest BCUT2D eigenvalue weighted by atomic mass is 32.1. The van der Waals surface area contributed by atoms with Crippen molar-refractivity contribution in [3.8, 4) is 11.8 Å². The molecule has 84 valence electrons. The van der Waals surface area contributed by atoms with Gasteiger partial charge in [0.25, 0.3) is 0 Å². The molecule has 2 aromatic rings. The normalized spacial score (nSPS) is 10.5. The average molecular weight is 241 g/mol. The molecular formula is C14H11NOS. The summed E-state index contributed by atoms with van der Waals surface area (Å²) >= 11 is 1.59. The van der Waals surface area contributed by atoms with Crippen LogP contribution in [0.1, 0.15) is 10.4 Å². The lowest BCUT2D eigenvalue weighted by molar-refractivity contribution is 0.214. The SMILES string of the molecule is CO/N=C(/C#Cc1ccccc1)c1cccs1. The van der Waals surface area contributed by atoms with Crippen LogP contribution in [0.15, 0.2) is 53.0 Å². The summed E-state index contributed by atoms with van der Waals surface area (Å²) in [5, 5.41) is 5.93. The van der Waals surface area contributed by atoms with E-state index in [9.17, 15) is 0 Å². The molecule has 0 saturated carbocycles. The smallest absolute Gasteiger partial charge is 0.170 e. The fraction of sp³-hybridized carbons (Fsp3) is 0.0714. The van der Waals surface area contributed by atoms with E-state index in [1.807, 2.05) is 47.8 Å². The van der Waals surface area contributed by atoms with Gasteiger partial charge in [0.2, 0.25) is 0 Å². The highest BCUT2D eigenvalue weighted by Gasteiger charge is 2.01. The van der Waals surface area contributed by atoms with E-state index in [0.29, 0.717) is 5.71 Å². The zero-order chi connectivity index (χ0) is 11.9. The Labute approximate surface area is 105 Å². The van der Waals surface area contributed by atoms with Gasteiger partial charge in [-0.3, -0.25) is 0 Å². The summed E-state index contributed by atoms with van der Waals surface area (Å²) in [6.07, 6.45) is 0. The Morgan fingerprint density at radius 1 is 1.18 bits per heavy atom. The van der Waals surface area contributed by atoms with Crippen molar-refractivity contribution >= 4 is 17.0 Å². The topological polar surface area (TPSA) is 21.6 Å². The summed E-state index contributed by atoms with van der Waals surface area (Å²) in [5.74, 6) is 6.09. The van der Waals surface area contributed by atoms with Gasteiger partial charge < -0.3 is 4.84 Å². The van der Waals surface area contributed by atoms with E-state index in [1.54, 1.807) is 11.3 Å². The molecule has 0 aliphatic carbocycles. The molecule has 0 bridgehead atoms. The highest BCUT2D eigenvalue weighted by Crippen LogP contribution is 2.10. The van der Waals surface area contributed by atoms with Gasteiger partial charge in [-0.25, -0.2) is 0 Å². The molecule has 0 fully saturated rings. The van der Waals surface area contributed by atoms with Gasteiger partial charge in [0.15, 0.2) is 5.71 Å². The Bertz CT molecular complexity index is 547. The lowest BCUT2D eigenvalue weighted by Gasteiger charge is -1.93. The van der Waals surface area contributed by atoms with Crippen molar-refractivity contribution in [2.45, 2.75) is 0 Å². The molecular weight excluding hydrogens is 230 g/mol. The third-order valence-corrected chi connectivity index (χ3v) is 2.91. The number of thiophene rings is 1. The Kier molecular flexibility index (Phi) is 3.95. The van der Waals surface area contributed by atoms with E-state index < -0.39 is 0 Å². The third kappa shape index (κ3) is 3.20. The minimum atomic E-state index is 0.659. The van der Waals surface area contributed by atoms with Crippen molar-refractivity contribution in [2.75, 3.05) is 7.11 Å². The zero-order valence-electron chi connectivity index (χ0n) is 9.38. The van der Waals surface area contributed by atoms with Crippen LogP contribution in [0.5, 0.6) is 0 Å². The first kappa shape index (κ1) is 11.4. The van der Waals surface area contributed by atoms with Crippen LogP contribution in [-0.4, -0.2) is 12.8 Å². The molecule has 0 saturated heterocycles. The maximum absolute atomic E-state index is 4.81. The van der Waals surface area contributed by atoms with Gasteiger partial charge in [-0.1, -0.05) is 35.3 Å². The molecule has 0 radical (unpaired) electrons. The highest BCUT2D eigenvalue weighted by molar-refractivity contribution is 7.12. The van der Waals surface area contributed by atoms with E-state index in [2.05, 4.69) is 17.0 Å². The number of rotatable bonds is 2. The van der Waals surface area contributed by atoms with Crippen molar-refractivity contribution in [3.05, 3.63) is 58.3 Å². The molecule has 3 heteroatoms. The maximum atomic E-state index is 4.81. The molecule has 0 amide bonds. The van der Waals surface area contributed by atoms with Crippen molar-refractivity contribution < 1.29 is 4.84 Å². The number of nitrogens with zero attached hydrogens (tertiary/aromatic N) is 1. The van der Waals surface area contributed by atoms with Gasteiger partial charge in [-0.15, -0.1) is 11.3 Å². The molecule has 0 spiro atoms. The molecule has 17 heavy (non-hydrogen) atoms. The Morgan fingerprint density at radius 2 is 2.00 bits per heavy atom. The second-order valence-corrected chi connectivity index (χ2v) is 4.16. The molecule has 2 nitrogen and oxygen atoms in total. The van der Waals surface area contributed by atoms with Crippen molar-refractivity contribution in [3.63, 3.8) is 0 Å². The molecule has 0 N–H and O–H groups in total. The molecule has 1 heterocycles. The lowest BCUT2D eigenvalue weighted by Crippen LogP contribution is -1.94. The predicted octanol–water partition coefficient (Wildman–Crippen LogP) is 3.15. The van der Waals surface area contributed by atoms with E-state index in [0.717, 1.165) is 10.4 Å². The van der Waals surface area contributed by atoms with Crippen LogP contribution >= 0.6 is 11.3 Å². The van der Waals surface area contributed by atoms with Crippen molar-refractivity contribution in [1.29, 1.82) is 0 Å². The molecule has 1 aromatic heterocycles. The van der Waals surface area contributed by atoms with Crippen LogP contribution in [-0.2, 0) is 4.84 Å². The van der Waals surface area contributed by atoms with Gasteiger partial charge in [0, 0.05) is 5.56 Å². The second kappa shape index (κ2) is 5.88. The first-order valence-corrected chi connectivity index (χ1v) is 6.00. The summed E-state index contributed by atoms with van der Waals surface area (Å²) in [5.41, 5.74) is 1.62. The number of oxime groups is 1. The van der Waals surface area contributed by atoms with Crippen LogP contribution in [0.3, 0.4) is 0 Å². The van der Waals surface area contributed by atoms with Crippen molar-refractivity contribution in [1.82, 2.24) is 0 Å². The Hall–Kier alpha value is -2.05. The first-order valence-electron chi connectivity index (χ1n) is 5.12. The maximum Gasteiger partial charge on any atom is 0.170 e. The molecule has 0 unspecified atom stereocenters. The van der Waals surface area contributed by atoms with Crippen LogP contribution in [0.25, 0.3) is 0 Å². The quantitative estimate of drug-likeness (QED) is 0.449. The van der Waals surface area contributed by atoms with E-state index >= 15 is 0 Å². The van der Waals surface area contributed by atoms with Gasteiger partial charge in [0.1, 0.15) is 7.11 Å². The molecule has 0 aliphatic rings. The van der Waals surface area contributed by atoms with Gasteiger partial charge in [-0.2, -0.15) is 0 Å². The molecule has 0 aliphatic heterocycles. The van der Waals surface area contributed by atoms with Crippen molar-refractivity contribution in [2.24, 2.45) is 5.16 Å². The van der Waals surface area contributed by atoms with Crippen LogP contribution in [0.2, 0.25) is 0 Å². The minimum Gasteiger partial charge on any atom is -0.398 e. The summed E-state index contributed by atoms with van der Waals surface area (Å²) in [7, 11) is 1.53. The average Bonchev–Trinajstić information content (AvgIpc) is 2.89. The predicted molar refractivity (Wildman–Crippen MR) is 71.2 cm³/mol. The van der Waals surface area contributed by atoms with Crippen LogP contribution in [0, 0.1) is 11.8 Å². The van der Waals surface area contributed by atoms with E-state index in [4.69, 9.17) is 4.84 Å². The standard InChI is InChI=1S/C14H11NOS/c1-16-15-13(14-8-5-11-17-14)10-9-12-6-3-2-4-7-12/h2-8,11H,1H3/b15-13-. The molecule has 2 rings (SSSR count). The Morgan fingerprint density at radius 3 is 2.65 bits per heavy atom. The number of benzene rings is 1. The fourth-order valence-corrected chi connectivity index (χ4v) is 1.95. The fourth-order valence-electron chi connectivity index (χ4n) is 1.29. The number of hydrogen-bond acceptors (Lipinski definition) is 3. The molecule has 0 atom stereocenters. The van der Waals surface area contributed by atoms with E-state index in [-0.39, 0.29) is 0 Å².